The van der Waals surface area contributed by atoms with E-state index in [4.69, 9.17) is 24.9 Å². The Balaban J connectivity index is 1.04. The molecule has 0 bridgehead atoms. The fourth-order valence-corrected chi connectivity index (χ4v) is 10.2. The third kappa shape index (κ3) is 5.73. The molecule has 0 radical (unpaired) electrons. The van der Waals surface area contributed by atoms with Crippen LogP contribution >= 0.6 is 11.3 Å². The number of thiophene rings is 1. The van der Waals surface area contributed by atoms with Crippen LogP contribution in [0.2, 0.25) is 0 Å². The van der Waals surface area contributed by atoms with Crippen LogP contribution in [0.15, 0.2) is 211 Å². The molecule has 0 spiro atoms. The summed E-state index contributed by atoms with van der Waals surface area (Å²) in [4.78, 5) is 15.0. The normalized spacial score (nSPS) is 13.1. The van der Waals surface area contributed by atoms with Crippen LogP contribution in [0.5, 0.6) is 0 Å². The summed E-state index contributed by atoms with van der Waals surface area (Å²) in [6.07, 6.45) is 0. The smallest absolute Gasteiger partial charge is 0.164 e. The summed E-state index contributed by atoms with van der Waals surface area (Å²) in [7, 11) is 0. The SMILES string of the molecule is [2H]c1cc([2H])c2c(c1[2H])c1c([2H])c([2H])cc([2H])c1n2-c1ccc(-c2ccc3c(c2)oc2cccc(-c4nc(-c5ccccc5)nc(-c5ccccc5)n4)c23)cc1-c1cccc2c1sc1ccccc12. The predicted octanol–water partition coefficient (Wildman–Crippen LogP) is 15.6. The van der Waals surface area contributed by atoms with Gasteiger partial charge in [0.05, 0.1) is 24.9 Å². The first-order chi connectivity index (χ1) is 33.7. The lowest BCUT2D eigenvalue weighted by molar-refractivity contribution is 0.669. The Morgan fingerprint density at radius 3 is 1.79 bits per heavy atom. The number of aromatic nitrogens is 4. The van der Waals surface area contributed by atoms with Crippen molar-refractivity contribution in [3.05, 3.63) is 206 Å². The molecule has 13 rings (SSSR count). The van der Waals surface area contributed by atoms with E-state index in [2.05, 4.69) is 42.5 Å². The van der Waals surface area contributed by atoms with Crippen LogP contribution in [0, 0.1) is 0 Å². The quantitative estimate of drug-likeness (QED) is 0.168. The van der Waals surface area contributed by atoms with Gasteiger partial charge in [-0.3, -0.25) is 0 Å². The van der Waals surface area contributed by atoms with E-state index in [1.165, 1.54) is 12.1 Å². The topological polar surface area (TPSA) is 56.7 Å². The van der Waals surface area contributed by atoms with Crippen LogP contribution in [0.4, 0.5) is 0 Å². The van der Waals surface area contributed by atoms with Crippen molar-refractivity contribution in [3.8, 4) is 62.1 Å². The molecular weight excluding hydrogens is 789 g/mol. The average Bonchev–Trinajstić information content (AvgIpc) is 4.08. The molecule has 0 saturated heterocycles. The number of benzene rings is 9. The van der Waals surface area contributed by atoms with Crippen molar-refractivity contribution < 1.29 is 12.6 Å². The van der Waals surface area contributed by atoms with Crippen molar-refractivity contribution in [3.63, 3.8) is 0 Å². The number of para-hydroxylation sites is 2. The highest BCUT2D eigenvalue weighted by molar-refractivity contribution is 7.26. The highest BCUT2D eigenvalue weighted by Crippen LogP contribution is 2.45. The van der Waals surface area contributed by atoms with E-state index >= 15 is 0 Å². The van der Waals surface area contributed by atoms with Crippen LogP contribution in [0.25, 0.3) is 126 Å². The molecule has 4 heterocycles. The summed E-state index contributed by atoms with van der Waals surface area (Å²) in [6, 6.07) is 54.7. The maximum Gasteiger partial charge on any atom is 0.164 e. The first-order valence-corrected chi connectivity index (χ1v) is 21.4. The number of fused-ring (bicyclic) bond motifs is 9. The highest BCUT2D eigenvalue weighted by Gasteiger charge is 2.21. The number of nitrogens with zero attached hydrogens (tertiary/aromatic N) is 4. The molecule has 6 heteroatoms. The Labute approximate surface area is 374 Å². The van der Waals surface area contributed by atoms with Gasteiger partial charge in [-0.1, -0.05) is 158 Å². The third-order valence-electron chi connectivity index (χ3n) is 11.8. The Morgan fingerprint density at radius 1 is 0.429 bits per heavy atom. The monoisotopic (exact) mass is 828 g/mol. The summed E-state index contributed by atoms with van der Waals surface area (Å²) in [5, 5.41) is 4.44. The molecule has 0 unspecified atom stereocenters. The Morgan fingerprint density at radius 2 is 1.05 bits per heavy atom. The minimum atomic E-state index is -0.159. The zero-order valence-electron chi connectivity index (χ0n) is 39.3. The summed E-state index contributed by atoms with van der Waals surface area (Å²) in [5.41, 5.74) is 8.70. The van der Waals surface area contributed by atoms with E-state index < -0.39 is 0 Å². The van der Waals surface area contributed by atoms with Crippen LogP contribution in [-0.4, -0.2) is 19.5 Å². The molecule has 0 fully saturated rings. The fraction of sp³-hybridized carbons (Fsp3) is 0. The predicted molar refractivity (Wildman–Crippen MR) is 262 cm³/mol. The Hall–Kier alpha value is -8.19. The van der Waals surface area contributed by atoms with Crippen molar-refractivity contribution in [1.29, 1.82) is 0 Å². The molecule has 13 aromatic rings. The van der Waals surface area contributed by atoms with Crippen LogP contribution in [0.1, 0.15) is 8.22 Å². The first-order valence-electron chi connectivity index (χ1n) is 23.6. The van der Waals surface area contributed by atoms with E-state index in [1.54, 1.807) is 15.9 Å². The van der Waals surface area contributed by atoms with Crippen LogP contribution < -0.4 is 0 Å². The van der Waals surface area contributed by atoms with Gasteiger partial charge in [0.1, 0.15) is 11.2 Å². The van der Waals surface area contributed by atoms with E-state index in [-0.39, 0.29) is 47.0 Å². The van der Waals surface area contributed by atoms with E-state index in [1.807, 2.05) is 115 Å². The molecule has 63 heavy (non-hydrogen) atoms. The molecule has 0 aliphatic carbocycles. The van der Waals surface area contributed by atoms with E-state index in [9.17, 15) is 2.74 Å². The van der Waals surface area contributed by atoms with Gasteiger partial charge in [0.25, 0.3) is 0 Å². The summed E-state index contributed by atoms with van der Waals surface area (Å²) in [5.74, 6) is 1.66. The lowest BCUT2D eigenvalue weighted by Crippen LogP contribution is -2.00. The van der Waals surface area contributed by atoms with Gasteiger partial charge in [0.2, 0.25) is 0 Å². The molecule has 0 atom stereocenters. The lowest BCUT2D eigenvalue weighted by atomic mass is 9.95. The molecule has 0 N–H and O–H groups in total. The van der Waals surface area contributed by atoms with Crippen molar-refractivity contribution >= 4 is 75.3 Å². The first kappa shape index (κ1) is 29.9. The van der Waals surface area contributed by atoms with Crippen molar-refractivity contribution in [1.82, 2.24) is 19.5 Å². The largest absolute Gasteiger partial charge is 0.456 e. The molecule has 5 nitrogen and oxygen atoms in total. The second-order valence-corrected chi connectivity index (χ2v) is 16.5. The maximum absolute atomic E-state index is 9.25. The van der Waals surface area contributed by atoms with Gasteiger partial charge < -0.3 is 8.98 Å². The lowest BCUT2D eigenvalue weighted by Gasteiger charge is -2.17. The summed E-state index contributed by atoms with van der Waals surface area (Å²) >= 11 is 1.69. The van der Waals surface area contributed by atoms with Gasteiger partial charge in [-0.25, -0.2) is 15.0 Å². The van der Waals surface area contributed by atoms with E-state index in [0.29, 0.717) is 45.4 Å². The van der Waals surface area contributed by atoms with Gasteiger partial charge in [0, 0.05) is 69.5 Å². The van der Waals surface area contributed by atoms with Gasteiger partial charge in [-0.2, -0.15) is 0 Å². The van der Waals surface area contributed by atoms with Gasteiger partial charge in [-0.05, 0) is 59.6 Å². The minimum Gasteiger partial charge on any atom is -0.456 e. The standard InChI is InChI=1S/C57H34N4OS/c1-3-15-35(16-4-1)55-58-56(36-17-5-2-6-18-36)60-57(59-55)45-24-14-27-50-53(45)44-31-29-38(34-51(44)62-50)37-30-32-49(61-47-25-10-7-19-39(47)40-20-8-11-26-48(40)61)46(33-37)43-23-13-22-42-41-21-9-12-28-52(41)63-54(42)43/h1-34H/i7D,8D,19D,20D,25D,26D. The number of furan rings is 1. The van der Waals surface area contributed by atoms with Gasteiger partial charge in [-0.15, -0.1) is 11.3 Å². The van der Waals surface area contributed by atoms with E-state index in [0.717, 1.165) is 69.9 Å². The third-order valence-corrected chi connectivity index (χ3v) is 13.0. The van der Waals surface area contributed by atoms with Crippen LogP contribution in [-0.2, 0) is 0 Å². The number of hydrogen-bond acceptors (Lipinski definition) is 5. The van der Waals surface area contributed by atoms with Crippen molar-refractivity contribution in [2.45, 2.75) is 0 Å². The van der Waals surface area contributed by atoms with Crippen molar-refractivity contribution in [2.24, 2.45) is 0 Å². The zero-order valence-corrected chi connectivity index (χ0v) is 34.1. The molecule has 0 saturated carbocycles. The Bertz CT molecular complexity index is 4150. The molecule has 0 aliphatic heterocycles. The summed E-state index contributed by atoms with van der Waals surface area (Å²) in [6.45, 7) is 0. The molecule has 0 amide bonds. The number of hydrogen-bond donors (Lipinski definition) is 0. The molecule has 4 aromatic heterocycles. The molecule has 0 aliphatic rings. The molecule has 294 valence electrons. The molecule has 9 aromatic carbocycles. The average molecular weight is 829 g/mol. The second kappa shape index (κ2) is 14.2. The van der Waals surface area contributed by atoms with Gasteiger partial charge >= 0.3 is 0 Å². The van der Waals surface area contributed by atoms with Crippen molar-refractivity contribution in [2.75, 3.05) is 0 Å². The summed E-state index contributed by atoms with van der Waals surface area (Å²) < 4.78 is 64.5. The fourth-order valence-electron chi connectivity index (χ4n) is 8.96. The second-order valence-electron chi connectivity index (χ2n) is 15.4. The Kier molecular flexibility index (Phi) is 6.75. The van der Waals surface area contributed by atoms with Gasteiger partial charge in [0.15, 0.2) is 17.5 Å². The molecular formula is C57H34N4OS. The maximum atomic E-state index is 9.25. The zero-order chi connectivity index (χ0) is 46.7. The van der Waals surface area contributed by atoms with Crippen LogP contribution in [0.3, 0.4) is 0 Å². The minimum absolute atomic E-state index is 0.0120. The highest BCUT2D eigenvalue weighted by atomic mass is 32.1. The number of rotatable bonds is 6.